The molecule has 0 aliphatic carbocycles. The van der Waals surface area contributed by atoms with E-state index in [1.165, 1.54) is 36.0 Å². The molecular weight excluding hydrogens is 649 g/mol. The van der Waals surface area contributed by atoms with E-state index in [0.29, 0.717) is 17.5 Å². The summed E-state index contributed by atoms with van der Waals surface area (Å²) in [6, 6.07) is 55.1. The Bertz CT molecular complexity index is 2800. The Balaban J connectivity index is 1.09. The van der Waals surface area contributed by atoms with Crippen molar-refractivity contribution in [3.8, 4) is 55.9 Å². The SMILES string of the molecule is c1ccc(-c2nc(-c3ccccc3)nc(-c3cccc4c(-c5ccc6c(c5)sc5cc7nc(-c8ccccc8)sc7cc56)cccc34)n2)cc1. The molecule has 10 aromatic rings. The minimum Gasteiger partial charge on any atom is -0.236 e. The van der Waals surface area contributed by atoms with Crippen LogP contribution >= 0.6 is 22.7 Å². The highest BCUT2D eigenvalue weighted by Gasteiger charge is 2.17. The first-order chi connectivity index (χ1) is 24.7. The maximum atomic E-state index is 5.03. The molecule has 0 fully saturated rings. The van der Waals surface area contributed by atoms with Gasteiger partial charge in [0, 0.05) is 42.4 Å². The molecule has 3 heterocycles. The molecule has 4 nitrogen and oxygen atoms in total. The van der Waals surface area contributed by atoms with E-state index < -0.39 is 0 Å². The Hall–Kier alpha value is -6.08. The molecule has 7 aromatic carbocycles. The summed E-state index contributed by atoms with van der Waals surface area (Å²) >= 11 is 3.59. The van der Waals surface area contributed by atoms with E-state index in [1.807, 2.05) is 78.1 Å². The summed E-state index contributed by atoms with van der Waals surface area (Å²) in [5, 5.41) is 5.88. The van der Waals surface area contributed by atoms with E-state index in [9.17, 15) is 0 Å². The van der Waals surface area contributed by atoms with Gasteiger partial charge in [-0.3, -0.25) is 0 Å². The van der Waals surface area contributed by atoms with Gasteiger partial charge < -0.3 is 0 Å². The van der Waals surface area contributed by atoms with Gasteiger partial charge in [0.2, 0.25) is 0 Å². The van der Waals surface area contributed by atoms with Gasteiger partial charge in [-0.1, -0.05) is 140 Å². The highest BCUT2D eigenvalue weighted by atomic mass is 32.1. The number of thiophene rings is 1. The molecule has 3 aromatic heterocycles. The molecule has 234 valence electrons. The van der Waals surface area contributed by atoms with Gasteiger partial charge in [-0.15, -0.1) is 22.7 Å². The number of benzene rings is 7. The third-order valence-electron chi connectivity index (χ3n) is 9.18. The number of thiazole rings is 1. The van der Waals surface area contributed by atoms with Crippen molar-refractivity contribution in [2.24, 2.45) is 0 Å². The maximum absolute atomic E-state index is 5.03. The summed E-state index contributed by atoms with van der Waals surface area (Å²) in [5.41, 5.74) is 7.47. The lowest BCUT2D eigenvalue weighted by Crippen LogP contribution is -2.00. The van der Waals surface area contributed by atoms with Gasteiger partial charge in [0.15, 0.2) is 17.5 Å². The van der Waals surface area contributed by atoms with E-state index in [-0.39, 0.29) is 0 Å². The third-order valence-corrected chi connectivity index (χ3v) is 11.4. The van der Waals surface area contributed by atoms with Crippen molar-refractivity contribution >= 4 is 63.8 Å². The van der Waals surface area contributed by atoms with Crippen LogP contribution in [0.15, 0.2) is 158 Å². The standard InChI is InChI=1S/C44H26N4S2/c1-4-12-27(13-5-1)41-46-42(28-14-6-2-7-15-28)48-43(47-41)35-21-11-19-32-31(18-10-20-33(32)35)30-22-23-34-36-25-40-37(26-39(36)49-38(34)24-30)45-44(50-40)29-16-8-3-9-17-29/h1-26H. The number of hydrogen-bond donors (Lipinski definition) is 0. The van der Waals surface area contributed by atoms with Gasteiger partial charge in [0.05, 0.1) is 10.2 Å². The van der Waals surface area contributed by atoms with Crippen molar-refractivity contribution in [2.45, 2.75) is 0 Å². The van der Waals surface area contributed by atoms with Crippen LogP contribution in [-0.2, 0) is 0 Å². The van der Waals surface area contributed by atoms with Crippen molar-refractivity contribution in [3.63, 3.8) is 0 Å². The molecule has 0 unspecified atom stereocenters. The number of nitrogens with zero attached hydrogens (tertiary/aromatic N) is 4. The van der Waals surface area contributed by atoms with Crippen LogP contribution in [0.5, 0.6) is 0 Å². The van der Waals surface area contributed by atoms with Crippen LogP contribution in [0, 0.1) is 0 Å². The highest BCUT2D eigenvalue weighted by Crippen LogP contribution is 2.42. The normalized spacial score (nSPS) is 11.6. The number of hydrogen-bond acceptors (Lipinski definition) is 6. The monoisotopic (exact) mass is 674 g/mol. The molecule has 50 heavy (non-hydrogen) atoms. The van der Waals surface area contributed by atoms with Gasteiger partial charge in [0.1, 0.15) is 5.01 Å². The summed E-state index contributed by atoms with van der Waals surface area (Å²) in [6.45, 7) is 0. The van der Waals surface area contributed by atoms with Gasteiger partial charge >= 0.3 is 0 Å². The van der Waals surface area contributed by atoms with E-state index in [4.69, 9.17) is 19.9 Å². The molecule has 0 saturated carbocycles. The van der Waals surface area contributed by atoms with Crippen molar-refractivity contribution in [1.29, 1.82) is 0 Å². The lowest BCUT2D eigenvalue weighted by atomic mass is 9.95. The smallest absolute Gasteiger partial charge is 0.164 e. The van der Waals surface area contributed by atoms with Crippen LogP contribution in [0.4, 0.5) is 0 Å². The van der Waals surface area contributed by atoms with Crippen LogP contribution in [-0.4, -0.2) is 19.9 Å². The molecule has 0 amide bonds. The Morgan fingerprint density at radius 2 is 0.900 bits per heavy atom. The van der Waals surface area contributed by atoms with Crippen molar-refractivity contribution in [3.05, 3.63) is 158 Å². The summed E-state index contributed by atoms with van der Waals surface area (Å²) < 4.78 is 3.74. The van der Waals surface area contributed by atoms with Gasteiger partial charge in [0.25, 0.3) is 0 Å². The maximum Gasteiger partial charge on any atom is 0.164 e. The quantitative estimate of drug-likeness (QED) is 0.182. The number of fused-ring (bicyclic) bond motifs is 5. The summed E-state index contributed by atoms with van der Waals surface area (Å²) in [4.78, 5) is 20.0. The zero-order valence-corrected chi connectivity index (χ0v) is 28.2. The van der Waals surface area contributed by atoms with Crippen molar-refractivity contribution in [1.82, 2.24) is 19.9 Å². The Kier molecular flexibility index (Phi) is 6.82. The van der Waals surface area contributed by atoms with Crippen LogP contribution < -0.4 is 0 Å². The molecule has 10 rings (SSSR count). The fourth-order valence-electron chi connectivity index (χ4n) is 6.75. The van der Waals surface area contributed by atoms with Gasteiger partial charge in [-0.2, -0.15) is 0 Å². The molecule has 0 bridgehead atoms. The zero-order chi connectivity index (χ0) is 33.0. The van der Waals surface area contributed by atoms with E-state index >= 15 is 0 Å². The van der Waals surface area contributed by atoms with Gasteiger partial charge in [-0.05, 0) is 40.1 Å². The molecule has 0 atom stereocenters. The number of aromatic nitrogens is 4. The average Bonchev–Trinajstić information content (AvgIpc) is 3.77. The molecule has 0 N–H and O–H groups in total. The topological polar surface area (TPSA) is 51.6 Å². The summed E-state index contributed by atoms with van der Waals surface area (Å²) in [7, 11) is 0. The Morgan fingerprint density at radius 1 is 0.320 bits per heavy atom. The molecule has 0 aliphatic rings. The second-order valence-electron chi connectivity index (χ2n) is 12.3. The van der Waals surface area contributed by atoms with E-state index in [0.717, 1.165) is 43.6 Å². The molecule has 0 saturated heterocycles. The predicted molar refractivity (Wildman–Crippen MR) is 211 cm³/mol. The second-order valence-corrected chi connectivity index (χ2v) is 14.4. The van der Waals surface area contributed by atoms with E-state index in [2.05, 4.69) is 91.0 Å². The predicted octanol–water partition coefficient (Wildman–Crippen LogP) is 12.3. The van der Waals surface area contributed by atoms with E-state index in [1.54, 1.807) is 11.3 Å². The third kappa shape index (κ3) is 4.96. The first-order valence-electron chi connectivity index (χ1n) is 16.5. The molecular formula is C44H26N4S2. The lowest BCUT2D eigenvalue weighted by molar-refractivity contribution is 1.08. The van der Waals surface area contributed by atoms with Crippen molar-refractivity contribution < 1.29 is 0 Å². The zero-order valence-electron chi connectivity index (χ0n) is 26.6. The highest BCUT2D eigenvalue weighted by molar-refractivity contribution is 7.26. The van der Waals surface area contributed by atoms with Crippen LogP contribution in [0.25, 0.3) is 97.0 Å². The molecule has 6 heteroatoms. The fourth-order valence-corrected chi connectivity index (χ4v) is 8.91. The molecule has 0 aliphatic heterocycles. The first kappa shape index (κ1) is 28.9. The lowest BCUT2D eigenvalue weighted by Gasteiger charge is -2.12. The molecule has 0 radical (unpaired) electrons. The summed E-state index contributed by atoms with van der Waals surface area (Å²) in [5.74, 6) is 1.97. The van der Waals surface area contributed by atoms with Gasteiger partial charge in [-0.25, -0.2) is 19.9 Å². The average molecular weight is 675 g/mol. The largest absolute Gasteiger partial charge is 0.236 e. The molecule has 0 spiro atoms. The minimum absolute atomic E-state index is 0.657. The fraction of sp³-hybridized carbons (Fsp3) is 0. The second kappa shape index (κ2) is 11.8. The minimum atomic E-state index is 0.657. The van der Waals surface area contributed by atoms with Crippen LogP contribution in [0.3, 0.4) is 0 Å². The summed E-state index contributed by atoms with van der Waals surface area (Å²) in [6.07, 6.45) is 0. The first-order valence-corrected chi connectivity index (χ1v) is 18.1. The Labute approximate surface area is 296 Å². The van der Waals surface area contributed by atoms with Crippen LogP contribution in [0.1, 0.15) is 0 Å². The van der Waals surface area contributed by atoms with Crippen LogP contribution in [0.2, 0.25) is 0 Å². The number of rotatable bonds is 5. The Morgan fingerprint density at radius 3 is 1.58 bits per heavy atom. The van der Waals surface area contributed by atoms with Crippen molar-refractivity contribution in [2.75, 3.05) is 0 Å².